The van der Waals surface area contributed by atoms with Gasteiger partial charge in [0, 0.05) is 13.1 Å². The molecule has 1 heterocycles. The van der Waals surface area contributed by atoms with Crippen LogP contribution in [0.25, 0.3) is 0 Å². The van der Waals surface area contributed by atoms with E-state index < -0.39 is 10.0 Å². The number of fused-ring (bicyclic) bond motifs is 1. The Labute approximate surface area is 157 Å². The molecular weight excluding hydrogens is 370 g/mol. The minimum atomic E-state index is -3.73. The molecular formula is C18H19N3O3S2. The minimum Gasteiger partial charge on any atom is -0.338 e. The largest absolute Gasteiger partial charge is 0.338 e. The standard InChI is InChI=1S/C18H19N3O3S2/c1-2-21(12-14-8-4-3-5-9-14)17(22)13-25-18-19-15-10-6-7-11-16(15)26(23,24)20-18/h3-11H,2,12-13H2,1H3,(H,19,20). The van der Waals surface area contributed by atoms with E-state index in [-0.39, 0.29) is 21.7 Å². The number of para-hydroxylation sites is 1. The lowest BCUT2D eigenvalue weighted by Gasteiger charge is -2.22. The third-order valence-corrected chi connectivity index (χ3v) is 6.20. The van der Waals surface area contributed by atoms with Crippen LogP contribution in [0.5, 0.6) is 0 Å². The van der Waals surface area contributed by atoms with Crippen molar-refractivity contribution in [1.29, 1.82) is 0 Å². The fourth-order valence-electron chi connectivity index (χ4n) is 2.56. The second kappa shape index (κ2) is 7.92. The molecule has 1 N–H and O–H groups in total. The molecule has 0 atom stereocenters. The number of carbonyl (C=O) groups excluding carboxylic acids is 1. The van der Waals surface area contributed by atoms with E-state index in [1.54, 1.807) is 23.1 Å². The number of sulfonamides is 1. The van der Waals surface area contributed by atoms with E-state index in [4.69, 9.17) is 0 Å². The van der Waals surface area contributed by atoms with E-state index in [1.807, 2.05) is 37.3 Å². The number of benzene rings is 2. The molecule has 0 saturated heterocycles. The topological polar surface area (TPSA) is 78.8 Å². The van der Waals surface area contributed by atoms with Crippen LogP contribution >= 0.6 is 11.8 Å². The number of anilines is 1. The third-order valence-electron chi connectivity index (χ3n) is 3.89. The van der Waals surface area contributed by atoms with Crippen LogP contribution < -0.4 is 5.32 Å². The molecule has 1 amide bonds. The Hall–Kier alpha value is -2.32. The Morgan fingerprint density at radius 1 is 1.12 bits per heavy atom. The molecule has 8 heteroatoms. The van der Waals surface area contributed by atoms with E-state index in [1.165, 1.54) is 6.07 Å². The highest BCUT2D eigenvalue weighted by molar-refractivity contribution is 8.15. The van der Waals surface area contributed by atoms with E-state index >= 15 is 0 Å². The molecule has 6 nitrogen and oxygen atoms in total. The number of hydrogen-bond donors (Lipinski definition) is 1. The van der Waals surface area contributed by atoms with Crippen molar-refractivity contribution in [2.24, 2.45) is 4.40 Å². The summed E-state index contributed by atoms with van der Waals surface area (Å²) in [7, 11) is -3.73. The average Bonchev–Trinajstić information content (AvgIpc) is 2.64. The van der Waals surface area contributed by atoms with Crippen LogP contribution in [-0.4, -0.2) is 36.7 Å². The fourth-order valence-corrected chi connectivity index (χ4v) is 4.70. The summed E-state index contributed by atoms with van der Waals surface area (Å²) in [4.78, 5) is 14.4. The van der Waals surface area contributed by atoms with Crippen molar-refractivity contribution in [2.75, 3.05) is 17.6 Å². The molecule has 0 bridgehead atoms. The summed E-state index contributed by atoms with van der Waals surface area (Å²) in [5.74, 6) is 0.0478. The second-order valence-electron chi connectivity index (χ2n) is 5.67. The Morgan fingerprint density at radius 2 is 1.81 bits per heavy atom. The van der Waals surface area contributed by atoms with Gasteiger partial charge < -0.3 is 10.2 Å². The number of carbonyl (C=O) groups is 1. The van der Waals surface area contributed by atoms with Crippen LogP contribution in [0.15, 0.2) is 63.9 Å². The molecule has 3 rings (SSSR count). The maximum atomic E-state index is 12.5. The molecule has 0 aliphatic carbocycles. The van der Waals surface area contributed by atoms with E-state index in [2.05, 4.69) is 9.71 Å². The Kier molecular flexibility index (Phi) is 5.63. The van der Waals surface area contributed by atoms with E-state index in [0.29, 0.717) is 18.8 Å². The number of amides is 1. The minimum absolute atomic E-state index is 0.0675. The van der Waals surface area contributed by atoms with Gasteiger partial charge in [0.25, 0.3) is 10.0 Å². The van der Waals surface area contributed by atoms with Gasteiger partial charge in [0.05, 0.1) is 11.4 Å². The van der Waals surface area contributed by atoms with Crippen LogP contribution in [0.3, 0.4) is 0 Å². The van der Waals surface area contributed by atoms with E-state index in [0.717, 1.165) is 17.3 Å². The highest BCUT2D eigenvalue weighted by Crippen LogP contribution is 2.29. The van der Waals surface area contributed by atoms with Crippen molar-refractivity contribution in [3.63, 3.8) is 0 Å². The van der Waals surface area contributed by atoms with Crippen molar-refractivity contribution < 1.29 is 13.2 Å². The summed E-state index contributed by atoms with van der Waals surface area (Å²) in [5, 5.41) is 3.19. The molecule has 2 aromatic rings. The molecule has 0 aromatic heterocycles. The zero-order valence-electron chi connectivity index (χ0n) is 14.3. The predicted molar refractivity (Wildman–Crippen MR) is 105 cm³/mol. The van der Waals surface area contributed by atoms with Gasteiger partial charge in [0.1, 0.15) is 4.90 Å². The Balaban J connectivity index is 1.65. The summed E-state index contributed by atoms with van der Waals surface area (Å²) in [6, 6.07) is 16.3. The van der Waals surface area contributed by atoms with Crippen LogP contribution in [0, 0.1) is 0 Å². The first kappa shape index (κ1) is 18.5. The van der Waals surface area contributed by atoms with Gasteiger partial charge in [-0.25, -0.2) is 0 Å². The number of hydrogen-bond acceptors (Lipinski definition) is 5. The number of thioether (sulfide) groups is 1. The summed E-state index contributed by atoms with van der Waals surface area (Å²) < 4.78 is 28.2. The van der Waals surface area contributed by atoms with Gasteiger partial charge in [0.15, 0.2) is 5.17 Å². The lowest BCUT2D eigenvalue weighted by atomic mass is 10.2. The fraction of sp³-hybridized carbons (Fsp3) is 0.222. The molecule has 2 aromatic carbocycles. The number of nitrogens with one attached hydrogen (secondary N) is 1. The smallest absolute Gasteiger partial charge is 0.286 e. The first-order valence-corrected chi connectivity index (χ1v) is 10.6. The summed E-state index contributed by atoms with van der Waals surface area (Å²) in [6.07, 6.45) is 0. The van der Waals surface area contributed by atoms with Crippen molar-refractivity contribution in [3.8, 4) is 0 Å². The lowest BCUT2D eigenvalue weighted by Crippen LogP contribution is -2.32. The van der Waals surface area contributed by atoms with E-state index in [9.17, 15) is 13.2 Å². The molecule has 136 valence electrons. The van der Waals surface area contributed by atoms with Gasteiger partial charge in [0.2, 0.25) is 5.91 Å². The molecule has 0 saturated carbocycles. The molecule has 0 spiro atoms. The summed E-state index contributed by atoms with van der Waals surface area (Å²) in [6.45, 7) is 3.02. The van der Waals surface area contributed by atoms with Crippen molar-refractivity contribution >= 4 is 38.5 Å². The zero-order valence-corrected chi connectivity index (χ0v) is 15.9. The lowest BCUT2D eigenvalue weighted by molar-refractivity contribution is -0.128. The quantitative estimate of drug-likeness (QED) is 0.851. The Bertz CT molecular complexity index is 928. The average molecular weight is 390 g/mol. The first-order chi connectivity index (χ1) is 12.5. The van der Waals surface area contributed by atoms with Crippen molar-refractivity contribution in [2.45, 2.75) is 18.4 Å². The SMILES string of the molecule is CCN(Cc1ccccc1)C(=O)CSC1=NS(=O)(=O)c2ccccc2N1. The van der Waals surface area contributed by atoms with Gasteiger partial charge >= 0.3 is 0 Å². The van der Waals surface area contributed by atoms with Gasteiger partial charge in [-0.3, -0.25) is 4.79 Å². The molecule has 26 heavy (non-hydrogen) atoms. The molecule has 1 aliphatic heterocycles. The van der Waals surface area contributed by atoms with Gasteiger partial charge in [-0.1, -0.05) is 54.2 Å². The van der Waals surface area contributed by atoms with Gasteiger partial charge in [-0.2, -0.15) is 8.42 Å². The summed E-state index contributed by atoms with van der Waals surface area (Å²) in [5.41, 5.74) is 1.53. The monoisotopic (exact) mass is 389 g/mol. The maximum Gasteiger partial charge on any atom is 0.286 e. The molecule has 0 radical (unpaired) electrons. The van der Waals surface area contributed by atoms with Crippen LogP contribution in [0.4, 0.5) is 5.69 Å². The van der Waals surface area contributed by atoms with Crippen molar-refractivity contribution in [1.82, 2.24) is 4.90 Å². The maximum absolute atomic E-state index is 12.5. The predicted octanol–water partition coefficient (Wildman–Crippen LogP) is 2.94. The summed E-state index contributed by atoms with van der Waals surface area (Å²) >= 11 is 1.09. The molecule has 0 fully saturated rings. The highest BCUT2D eigenvalue weighted by atomic mass is 32.2. The molecule has 1 aliphatic rings. The number of nitrogens with zero attached hydrogens (tertiary/aromatic N) is 2. The Morgan fingerprint density at radius 3 is 2.54 bits per heavy atom. The normalized spacial score (nSPS) is 14.7. The second-order valence-corrected chi connectivity index (χ2v) is 8.21. The molecule has 0 unspecified atom stereocenters. The van der Waals surface area contributed by atoms with Gasteiger partial charge in [-0.15, -0.1) is 4.40 Å². The number of amidine groups is 1. The van der Waals surface area contributed by atoms with Crippen molar-refractivity contribution in [3.05, 3.63) is 60.2 Å². The van der Waals surface area contributed by atoms with Gasteiger partial charge in [-0.05, 0) is 24.6 Å². The number of rotatable bonds is 5. The van der Waals surface area contributed by atoms with Crippen LogP contribution in [0.1, 0.15) is 12.5 Å². The first-order valence-electron chi connectivity index (χ1n) is 8.15. The van der Waals surface area contributed by atoms with Crippen LogP contribution in [-0.2, 0) is 21.4 Å². The highest BCUT2D eigenvalue weighted by Gasteiger charge is 2.25. The zero-order chi connectivity index (χ0) is 18.6. The van der Waals surface area contributed by atoms with Crippen LogP contribution in [0.2, 0.25) is 0 Å². The third kappa shape index (κ3) is 4.25.